The number of hydrogen-bond acceptors (Lipinski definition) is 4. The van der Waals surface area contributed by atoms with Crippen molar-refractivity contribution >= 4 is 17.6 Å². The third-order valence-corrected chi connectivity index (χ3v) is 4.35. The van der Waals surface area contributed by atoms with Gasteiger partial charge in [0.1, 0.15) is 12.1 Å². The van der Waals surface area contributed by atoms with Gasteiger partial charge in [0, 0.05) is 17.5 Å². The molecule has 0 aliphatic heterocycles. The maximum absolute atomic E-state index is 12.4. The second kappa shape index (κ2) is 9.80. The SMILES string of the molecule is CC(C)C[C@H](O)C(=O)N[C@@H](Cc1ccc(C(=O)c2ccccc2)cc1)C(N)=O. The number of hydrogen-bond donors (Lipinski definition) is 3. The number of aliphatic hydroxyl groups is 1. The van der Waals surface area contributed by atoms with Crippen molar-refractivity contribution in [1.29, 1.82) is 0 Å². The molecule has 0 radical (unpaired) electrons. The Morgan fingerprint density at radius 3 is 2.07 bits per heavy atom. The number of nitrogens with one attached hydrogen (secondary N) is 1. The normalized spacial score (nSPS) is 13.0. The molecule has 0 aliphatic carbocycles. The van der Waals surface area contributed by atoms with Crippen LogP contribution in [-0.2, 0) is 16.0 Å². The molecule has 0 aliphatic rings. The van der Waals surface area contributed by atoms with E-state index in [-0.39, 0.29) is 18.1 Å². The van der Waals surface area contributed by atoms with Gasteiger partial charge in [-0.15, -0.1) is 0 Å². The largest absolute Gasteiger partial charge is 0.383 e. The van der Waals surface area contributed by atoms with Gasteiger partial charge in [0.15, 0.2) is 5.78 Å². The smallest absolute Gasteiger partial charge is 0.249 e. The minimum Gasteiger partial charge on any atom is -0.383 e. The van der Waals surface area contributed by atoms with Crippen LogP contribution in [0.25, 0.3) is 0 Å². The molecule has 6 nitrogen and oxygen atoms in total. The summed E-state index contributed by atoms with van der Waals surface area (Å²) < 4.78 is 0. The van der Waals surface area contributed by atoms with Crippen molar-refractivity contribution < 1.29 is 19.5 Å². The summed E-state index contributed by atoms with van der Waals surface area (Å²) in [5.74, 6) is -1.26. The molecule has 0 saturated carbocycles. The number of carbonyl (C=O) groups is 3. The van der Waals surface area contributed by atoms with E-state index in [4.69, 9.17) is 5.73 Å². The summed E-state index contributed by atoms with van der Waals surface area (Å²) in [5, 5.41) is 12.4. The summed E-state index contributed by atoms with van der Waals surface area (Å²) >= 11 is 0. The summed E-state index contributed by atoms with van der Waals surface area (Å²) in [5.41, 5.74) is 7.27. The van der Waals surface area contributed by atoms with E-state index >= 15 is 0 Å². The molecule has 148 valence electrons. The summed E-state index contributed by atoms with van der Waals surface area (Å²) in [6, 6.07) is 14.8. The molecule has 0 saturated heterocycles. The molecule has 2 atom stereocenters. The van der Waals surface area contributed by atoms with Crippen LogP contribution in [0.15, 0.2) is 54.6 Å². The van der Waals surface area contributed by atoms with E-state index in [1.165, 1.54) is 0 Å². The van der Waals surface area contributed by atoms with E-state index in [0.717, 1.165) is 5.56 Å². The summed E-state index contributed by atoms with van der Waals surface area (Å²) in [7, 11) is 0. The highest BCUT2D eigenvalue weighted by Gasteiger charge is 2.23. The lowest BCUT2D eigenvalue weighted by Crippen LogP contribution is -2.49. The predicted octanol–water partition coefficient (Wildman–Crippen LogP) is 1.84. The van der Waals surface area contributed by atoms with Gasteiger partial charge in [-0.05, 0) is 17.9 Å². The van der Waals surface area contributed by atoms with Crippen LogP contribution in [0.1, 0.15) is 41.8 Å². The second-order valence-corrected chi connectivity index (χ2v) is 7.21. The first kappa shape index (κ1) is 21.3. The number of benzene rings is 2. The van der Waals surface area contributed by atoms with Gasteiger partial charge in [-0.3, -0.25) is 14.4 Å². The first-order valence-electron chi connectivity index (χ1n) is 9.24. The standard InChI is InChI=1S/C22H26N2O4/c1-14(2)12-19(25)22(28)24-18(21(23)27)13-15-8-10-17(11-9-15)20(26)16-6-4-3-5-7-16/h3-11,14,18-19,25H,12-13H2,1-2H3,(H2,23,27)(H,24,28)/t18-,19-/m0/s1. The average molecular weight is 382 g/mol. The lowest BCUT2D eigenvalue weighted by atomic mass is 9.99. The Balaban J connectivity index is 2.04. The number of aliphatic hydroxyl groups excluding tert-OH is 1. The molecule has 0 aromatic heterocycles. The highest BCUT2D eigenvalue weighted by Crippen LogP contribution is 2.13. The fraction of sp³-hybridized carbons (Fsp3) is 0.318. The van der Waals surface area contributed by atoms with Gasteiger partial charge in [0.05, 0.1) is 0 Å². The number of primary amides is 1. The van der Waals surface area contributed by atoms with Crippen molar-refractivity contribution in [2.75, 3.05) is 0 Å². The van der Waals surface area contributed by atoms with Gasteiger partial charge in [0.25, 0.3) is 0 Å². The molecule has 2 amide bonds. The Morgan fingerprint density at radius 2 is 1.54 bits per heavy atom. The molecule has 2 aromatic rings. The lowest BCUT2D eigenvalue weighted by molar-refractivity contribution is -0.133. The van der Waals surface area contributed by atoms with E-state index in [1.54, 1.807) is 48.5 Å². The molecule has 4 N–H and O–H groups in total. The Morgan fingerprint density at radius 1 is 0.964 bits per heavy atom. The van der Waals surface area contributed by atoms with E-state index in [9.17, 15) is 19.5 Å². The maximum Gasteiger partial charge on any atom is 0.249 e. The minimum absolute atomic E-state index is 0.0938. The van der Waals surface area contributed by atoms with Crippen molar-refractivity contribution in [3.8, 4) is 0 Å². The van der Waals surface area contributed by atoms with Crippen molar-refractivity contribution in [2.45, 2.75) is 38.8 Å². The number of rotatable bonds is 9. The molecule has 0 unspecified atom stereocenters. The van der Waals surface area contributed by atoms with Crippen LogP contribution in [0.2, 0.25) is 0 Å². The molecule has 0 bridgehead atoms. The predicted molar refractivity (Wildman–Crippen MR) is 107 cm³/mol. The monoisotopic (exact) mass is 382 g/mol. The number of amides is 2. The van der Waals surface area contributed by atoms with Gasteiger partial charge < -0.3 is 16.2 Å². The van der Waals surface area contributed by atoms with Gasteiger partial charge in [-0.25, -0.2) is 0 Å². The Kier molecular flexibility index (Phi) is 7.46. The summed E-state index contributed by atoms with van der Waals surface area (Å²) in [4.78, 5) is 36.2. The molecule has 6 heteroatoms. The van der Waals surface area contributed by atoms with E-state index in [2.05, 4.69) is 5.32 Å². The van der Waals surface area contributed by atoms with Crippen LogP contribution in [0.3, 0.4) is 0 Å². The molecule has 2 rings (SSSR count). The van der Waals surface area contributed by atoms with Crippen LogP contribution in [0, 0.1) is 5.92 Å². The maximum atomic E-state index is 12.4. The number of ketones is 1. The van der Waals surface area contributed by atoms with Gasteiger partial charge in [-0.2, -0.15) is 0 Å². The third-order valence-electron chi connectivity index (χ3n) is 4.35. The van der Waals surface area contributed by atoms with E-state index < -0.39 is 24.0 Å². The second-order valence-electron chi connectivity index (χ2n) is 7.21. The van der Waals surface area contributed by atoms with Gasteiger partial charge in [-0.1, -0.05) is 68.4 Å². The van der Waals surface area contributed by atoms with E-state index in [1.807, 2.05) is 19.9 Å². The highest BCUT2D eigenvalue weighted by molar-refractivity contribution is 6.08. The first-order chi connectivity index (χ1) is 13.3. The third kappa shape index (κ3) is 6.03. The van der Waals surface area contributed by atoms with E-state index in [0.29, 0.717) is 17.5 Å². The summed E-state index contributed by atoms with van der Waals surface area (Å²) in [6.45, 7) is 3.78. The Hall–Kier alpha value is -2.99. The minimum atomic E-state index is -1.19. The fourth-order valence-electron chi connectivity index (χ4n) is 2.83. The van der Waals surface area contributed by atoms with Crippen molar-refractivity contribution in [3.05, 3.63) is 71.3 Å². The summed E-state index contributed by atoms with van der Waals surface area (Å²) in [6.07, 6.45) is -0.712. The molecule has 28 heavy (non-hydrogen) atoms. The number of carbonyl (C=O) groups excluding carboxylic acids is 3. The van der Waals surface area contributed by atoms with Gasteiger partial charge in [0.2, 0.25) is 11.8 Å². The molecular formula is C22H26N2O4. The van der Waals surface area contributed by atoms with Crippen LogP contribution < -0.4 is 11.1 Å². The number of nitrogens with two attached hydrogens (primary N) is 1. The average Bonchev–Trinajstić information content (AvgIpc) is 2.67. The first-order valence-corrected chi connectivity index (χ1v) is 9.24. The quantitative estimate of drug-likeness (QED) is 0.575. The molecule has 0 fully saturated rings. The van der Waals surface area contributed by atoms with Crippen LogP contribution in [0.5, 0.6) is 0 Å². The Labute approximate surface area is 164 Å². The molecule has 2 aromatic carbocycles. The zero-order chi connectivity index (χ0) is 20.7. The zero-order valence-corrected chi connectivity index (χ0v) is 16.1. The topological polar surface area (TPSA) is 109 Å². The zero-order valence-electron chi connectivity index (χ0n) is 16.1. The van der Waals surface area contributed by atoms with Crippen LogP contribution in [-0.4, -0.2) is 34.8 Å². The van der Waals surface area contributed by atoms with Crippen molar-refractivity contribution in [3.63, 3.8) is 0 Å². The van der Waals surface area contributed by atoms with Crippen molar-refractivity contribution in [2.24, 2.45) is 11.7 Å². The Bertz CT molecular complexity index is 816. The van der Waals surface area contributed by atoms with Crippen molar-refractivity contribution in [1.82, 2.24) is 5.32 Å². The lowest BCUT2D eigenvalue weighted by Gasteiger charge is -2.19. The molecule has 0 spiro atoms. The highest BCUT2D eigenvalue weighted by atomic mass is 16.3. The van der Waals surface area contributed by atoms with Crippen LogP contribution >= 0.6 is 0 Å². The molecular weight excluding hydrogens is 356 g/mol. The molecule has 0 heterocycles. The van der Waals surface area contributed by atoms with Crippen LogP contribution in [0.4, 0.5) is 0 Å². The van der Waals surface area contributed by atoms with Gasteiger partial charge >= 0.3 is 0 Å². The fourth-order valence-corrected chi connectivity index (χ4v) is 2.83.